The first-order valence-electron chi connectivity index (χ1n) is 6.09. The van der Waals surface area contributed by atoms with Crippen molar-refractivity contribution in [3.63, 3.8) is 0 Å². The van der Waals surface area contributed by atoms with Crippen LogP contribution >= 0.6 is 15.9 Å². The molecule has 2 rings (SSSR count). The average Bonchev–Trinajstić information content (AvgIpc) is 2.42. The van der Waals surface area contributed by atoms with Crippen molar-refractivity contribution < 1.29 is 9.66 Å². The molecule has 5 heteroatoms. The van der Waals surface area contributed by atoms with Crippen LogP contribution in [0.5, 0.6) is 11.5 Å². The number of ether oxygens (including phenoxy) is 1. The quantitative estimate of drug-likeness (QED) is 0.453. The van der Waals surface area contributed by atoms with Gasteiger partial charge in [-0.1, -0.05) is 39.7 Å². The molecule has 0 bridgehead atoms. The van der Waals surface area contributed by atoms with Gasteiger partial charge in [0.15, 0.2) is 0 Å². The lowest BCUT2D eigenvalue weighted by atomic mass is 10.1. The number of rotatable bonds is 4. The highest BCUT2D eigenvalue weighted by atomic mass is 79.9. The molecule has 0 unspecified atom stereocenters. The maximum atomic E-state index is 11.1. The van der Waals surface area contributed by atoms with Gasteiger partial charge in [-0.05, 0) is 31.5 Å². The van der Waals surface area contributed by atoms with Gasteiger partial charge in [-0.15, -0.1) is 0 Å². The van der Waals surface area contributed by atoms with Crippen LogP contribution in [0, 0.1) is 24.0 Å². The summed E-state index contributed by atoms with van der Waals surface area (Å²) >= 11 is 3.40. The van der Waals surface area contributed by atoms with E-state index in [0.717, 1.165) is 16.7 Å². The number of nitrogens with zero attached hydrogens (tertiary/aromatic N) is 1. The van der Waals surface area contributed by atoms with E-state index in [1.54, 1.807) is 12.1 Å². The normalized spacial score (nSPS) is 10.3. The number of hydrogen-bond acceptors (Lipinski definition) is 3. The van der Waals surface area contributed by atoms with Crippen molar-refractivity contribution in [3.8, 4) is 11.5 Å². The minimum atomic E-state index is -0.426. The number of benzene rings is 2. The van der Waals surface area contributed by atoms with Crippen molar-refractivity contribution in [2.75, 3.05) is 0 Å². The molecule has 0 radical (unpaired) electrons. The zero-order chi connectivity index (χ0) is 14.7. The summed E-state index contributed by atoms with van der Waals surface area (Å²) in [7, 11) is 0. The van der Waals surface area contributed by atoms with E-state index in [0.29, 0.717) is 11.1 Å². The van der Waals surface area contributed by atoms with Crippen molar-refractivity contribution in [2.45, 2.75) is 19.2 Å². The molecule has 0 aliphatic heterocycles. The summed E-state index contributed by atoms with van der Waals surface area (Å²) in [6.07, 6.45) is 0. The Hall–Kier alpha value is -1.88. The van der Waals surface area contributed by atoms with Gasteiger partial charge >= 0.3 is 5.69 Å². The van der Waals surface area contributed by atoms with Gasteiger partial charge in [-0.2, -0.15) is 0 Å². The first-order chi connectivity index (χ1) is 9.51. The first-order valence-corrected chi connectivity index (χ1v) is 7.22. The molecular weight excluding hydrogens is 322 g/mol. The van der Waals surface area contributed by atoms with E-state index in [9.17, 15) is 10.1 Å². The lowest BCUT2D eigenvalue weighted by molar-refractivity contribution is -0.385. The SMILES string of the molecule is Cc1ccc(Oc2ccc(C)cc2[N+](=O)[O-])c(CBr)c1. The minimum Gasteiger partial charge on any atom is -0.450 e. The van der Waals surface area contributed by atoms with Gasteiger partial charge in [0.1, 0.15) is 5.75 Å². The van der Waals surface area contributed by atoms with Crippen LogP contribution in [-0.2, 0) is 5.33 Å². The molecule has 4 nitrogen and oxygen atoms in total. The summed E-state index contributed by atoms with van der Waals surface area (Å²) in [5, 5.41) is 11.7. The maximum absolute atomic E-state index is 11.1. The molecule has 20 heavy (non-hydrogen) atoms. The molecule has 0 amide bonds. The van der Waals surface area contributed by atoms with Crippen LogP contribution in [0.2, 0.25) is 0 Å². The Labute approximate surface area is 125 Å². The highest BCUT2D eigenvalue weighted by Gasteiger charge is 2.17. The molecule has 0 aromatic heterocycles. The number of nitro benzene ring substituents is 1. The molecule has 0 aliphatic carbocycles. The van der Waals surface area contributed by atoms with Crippen molar-refractivity contribution in [1.29, 1.82) is 0 Å². The molecule has 2 aromatic carbocycles. The molecule has 0 atom stereocenters. The number of halogens is 1. The van der Waals surface area contributed by atoms with Crippen LogP contribution in [0.25, 0.3) is 0 Å². The van der Waals surface area contributed by atoms with Gasteiger partial charge in [-0.3, -0.25) is 10.1 Å². The van der Waals surface area contributed by atoms with Gasteiger partial charge in [-0.25, -0.2) is 0 Å². The highest BCUT2D eigenvalue weighted by Crippen LogP contribution is 2.34. The van der Waals surface area contributed by atoms with Crippen LogP contribution < -0.4 is 4.74 Å². The fourth-order valence-corrected chi connectivity index (χ4v) is 2.33. The third-order valence-electron chi connectivity index (χ3n) is 2.89. The van der Waals surface area contributed by atoms with E-state index >= 15 is 0 Å². The maximum Gasteiger partial charge on any atom is 0.311 e. The predicted molar refractivity (Wildman–Crippen MR) is 81.7 cm³/mol. The molecule has 0 fully saturated rings. The predicted octanol–water partition coefficient (Wildman–Crippen LogP) is 4.90. The van der Waals surface area contributed by atoms with E-state index in [2.05, 4.69) is 15.9 Å². The van der Waals surface area contributed by atoms with Gasteiger partial charge in [0.25, 0.3) is 0 Å². The summed E-state index contributed by atoms with van der Waals surface area (Å²) in [6, 6.07) is 10.7. The van der Waals surface area contributed by atoms with Crippen molar-refractivity contribution in [1.82, 2.24) is 0 Å². The number of nitro groups is 1. The van der Waals surface area contributed by atoms with Crippen molar-refractivity contribution in [3.05, 3.63) is 63.2 Å². The second kappa shape index (κ2) is 6.05. The monoisotopic (exact) mass is 335 g/mol. The Kier molecular flexibility index (Phi) is 4.39. The summed E-state index contributed by atoms with van der Waals surface area (Å²) in [5.41, 5.74) is 2.88. The minimum absolute atomic E-state index is 0.0221. The second-order valence-corrected chi connectivity index (χ2v) is 5.14. The van der Waals surface area contributed by atoms with Crippen LogP contribution in [-0.4, -0.2) is 4.92 Å². The molecular formula is C15H14BrNO3. The summed E-state index contributed by atoms with van der Waals surface area (Å²) in [6.45, 7) is 3.80. The summed E-state index contributed by atoms with van der Waals surface area (Å²) in [5.74, 6) is 0.881. The van der Waals surface area contributed by atoms with E-state index in [1.807, 2.05) is 32.0 Å². The van der Waals surface area contributed by atoms with E-state index < -0.39 is 4.92 Å². The third-order valence-corrected chi connectivity index (χ3v) is 3.50. The van der Waals surface area contributed by atoms with Crippen molar-refractivity contribution in [2.24, 2.45) is 0 Å². The number of hydrogen-bond donors (Lipinski definition) is 0. The first kappa shape index (κ1) is 14.5. The lowest BCUT2D eigenvalue weighted by Crippen LogP contribution is -1.96. The standard InChI is InChI=1S/C15H14BrNO3/c1-10-3-5-14(12(7-10)9-16)20-15-6-4-11(2)8-13(15)17(18)19/h3-8H,9H2,1-2H3. The van der Waals surface area contributed by atoms with Gasteiger partial charge in [0.05, 0.1) is 4.92 Å². The third kappa shape index (κ3) is 3.17. The topological polar surface area (TPSA) is 52.4 Å². The molecule has 0 heterocycles. The number of alkyl halides is 1. The summed E-state index contributed by atoms with van der Waals surface area (Å²) in [4.78, 5) is 10.7. The lowest BCUT2D eigenvalue weighted by Gasteiger charge is -2.11. The van der Waals surface area contributed by atoms with Gasteiger partial charge in [0.2, 0.25) is 5.75 Å². The number of aryl methyl sites for hydroxylation is 2. The van der Waals surface area contributed by atoms with E-state index in [1.165, 1.54) is 6.07 Å². The highest BCUT2D eigenvalue weighted by molar-refractivity contribution is 9.08. The van der Waals surface area contributed by atoms with E-state index in [-0.39, 0.29) is 11.4 Å². The Morgan fingerprint density at radius 3 is 2.30 bits per heavy atom. The summed E-state index contributed by atoms with van der Waals surface area (Å²) < 4.78 is 5.73. The second-order valence-electron chi connectivity index (χ2n) is 4.58. The average molecular weight is 336 g/mol. The Balaban J connectivity index is 2.42. The molecule has 0 N–H and O–H groups in total. The fourth-order valence-electron chi connectivity index (χ4n) is 1.89. The van der Waals surface area contributed by atoms with Gasteiger partial charge < -0.3 is 4.74 Å². The van der Waals surface area contributed by atoms with Crippen LogP contribution in [0.1, 0.15) is 16.7 Å². The largest absolute Gasteiger partial charge is 0.450 e. The molecule has 0 spiro atoms. The zero-order valence-electron chi connectivity index (χ0n) is 11.2. The smallest absolute Gasteiger partial charge is 0.311 e. The molecule has 2 aromatic rings. The molecule has 0 saturated heterocycles. The molecule has 104 valence electrons. The van der Waals surface area contributed by atoms with Gasteiger partial charge in [0, 0.05) is 17.0 Å². The van der Waals surface area contributed by atoms with Crippen molar-refractivity contribution >= 4 is 21.6 Å². The Morgan fingerprint density at radius 2 is 1.70 bits per heavy atom. The van der Waals surface area contributed by atoms with Crippen LogP contribution in [0.4, 0.5) is 5.69 Å². The molecule has 0 saturated carbocycles. The molecule has 0 aliphatic rings. The van der Waals surface area contributed by atoms with E-state index in [4.69, 9.17) is 4.74 Å². The van der Waals surface area contributed by atoms with Crippen LogP contribution in [0.15, 0.2) is 36.4 Å². The Bertz CT molecular complexity index is 656. The fraction of sp³-hybridized carbons (Fsp3) is 0.200. The Morgan fingerprint density at radius 1 is 1.10 bits per heavy atom. The van der Waals surface area contributed by atoms with Crippen LogP contribution in [0.3, 0.4) is 0 Å². The zero-order valence-corrected chi connectivity index (χ0v) is 12.8.